The minimum Gasteiger partial charge on any atom is -0.381 e. The normalized spacial score (nSPS) is 25.6. The van der Waals surface area contributed by atoms with Crippen molar-refractivity contribution in [3.8, 4) is 6.07 Å². The molecule has 1 saturated carbocycles. The van der Waals surface area contributed by atoms with Crippen LogP contribution in [0.15, 0.2) is 24.3 Å². The fraction of sp³-hybridized carbons (Fsp3) is 0.562. The Balaban J connectivity index is 1.79. The molecule has 1 saturated heterocycles. The average Bonchev–Trinajstić information content (AvgIpc) is 3.31. The fourth-order valence-electron chi connectivity index (χ4n) is 2.99. The molecular formula is C16H20N2O3S. The van der Waals surface area contributed by atoms with E-state index in [4.69, 9.17) is 4.74 Å². The number of sulfonamides is 1. The highest BCUT2D eigenvalue weighted by atomic mass is 32.2. The minimum absolute atomic E-state index is 0.112. The first kappa shape index (κ1) is 15.5. The maximum absolute atomic E-state index is 12.6. The van der Waals surface area contributed by atoms with Gasteiger partial charge in [0.05, 0.1) is 23.5 Å². The van der Waals surface area contributed by atoms with Crippen LogP contribution in [0.25, 0.3) is 0 Å². The number of ether oxygens (including phenoxy) is 1. The van der Waals surface area contributed by atoms with Crippen LogP contribution in [0.1, 0.15) is 30.4 Å². The number of nitrogens with one attached hydrogen (secondary N) is 1. The third-order valence-corrected chi connectivity index (χ3v) is 6.41. The molecule has 5 nitrogen and oxygen atoms in total. The SMILES string of the molecule is N#Cc1ccccc1C[C@H]1COCC[C@@H]1S(=O)(=O)NC1CC1. The highest BCUT2D eigenvalue weighted by molar-refractivity contribution is 7.90. The molecule has 0 radical (unpaired) electrons. The summed E-state index contributed by atoms with van der Waals surface area (Å²) in [6.45, 7) is 0.905. The first-order valence-corrected chi connectivity index (χ1v) is 9.21. The molecule has 0 spiro atoms. The first-order valence-electron chi connectivity index (χ1n) is 7.67. The molecule has 2 atom stereocenters. The van der Waals surface area contributed by atoms with E-state index in [-0.39, 0.29) is 12.0 Å². The lowest BCUT2D eigenvalue weighted by Crippen LogP contribution is -2.45. The van der Waals surface area contributed by atoms with Crippen LogP contribution in [0.5, 0.6) is 0 Å². The molecule has 118 valence electrons. The van der Waals surface area contributed by atoms with Crippen LogP contribution in [0.4, 0.5) is 0 Å². The van der Waals surface area contributed by atoms with E-state index in [2.05, 4.69) is 10.8 Å². The van der Waals surface area contributed by atoms with E-state index in [9.17, 15) is 13.7 Å². The quantitative estimate of drug-likeness (QED) is 0.893. The lowest BCUT2D eigenvalue weighted by atomic mass is 9.91. The zero-order chi connectivity index (χ0) is 15.6. The van der Waals surface area contributed by atoms with Crippen LogP contribution in [0.3, 0.4) is 0 Å². The van der Waals surface area contributed by atoms with Gasteiger partial charge in [0.2, 0.25) is 10.0 Å². The van der Waals surface area contributed by atoms with E-state index in [1.165, 1.54) is 0 Å². The molecule has 1 aromatic rings. The van der Waals surface area contributed by atoms with E-state index in [1.54, 1.807) is 6.07 Å². The Labute approximate surface area is 131 Å². The monoisotopic (exact) mass is 320 g/mol. The van der Waals surface area contributed by atoms with Gasteiger partial charge in [0, 0.05) is 18.6 Å². The van der Waals surface area contributed by atoms with Gasteiger partial charge < -0.3 is 4.74 Å². The Kier molecular flexibility index (Phi) is 4.48. The lowest BCUT2D eigenvalue weighted by Gasteiger charge is -2.31. The number of hydrogen-bond donors (Lipinski definition) is 1. The number of nitriles is 1. The summed E-state index contributed by atoms with van der Waals surface area (Å²) in [4.78, 5) is 0. The number of benzene rings is 1. The summed E-state index contributed by atoms with van der Waals surface area (Å²) in [6.07, 6.45) is 2.94. The van der Waals surface area contributed by atoms with Gasteiger partial charge in [0.1, 0.15) is 0 Å². The summed E-state index contributed by atoms with van der Waals surface area (Å²) < 4.78 is 33.4. The molecule has 2 aliphatic rings. The molecule has 1 N–H and O–H groups in total. The largest absolute Gasteiger partial charge is 0.381 e. The Morgan fingerprint density at radius 3 is 2.77 bits per heavy atom. The number of rotatable bonds is 5. The number of nitrogens with zero attached hydrogens (tertiary/aromatic N) is 1. The lowest BCUT2D eigenvalue weighted by molar-refractivity contribution is 0.0570. The van der Waals surface area contributed by atoms with Crippen LogP contribution in [-0.2, 0) is 21.2 Å². The molecule has 22 heavy (non-hydrogen) atoms. The van der Waals surface area contributed by atoms with E-state index in [0.717, 1.165) is 18.4 Å². The van der Waals surface area contributed by atoms with Crippen LogP contribution in [-0.4, -0.2) is 32.9 Å². The predicted octanol–water partition coefficient (Wildman–Crippen LogP) is 1.59. The van der Waals surface area contributed by atoms with Crippen LogP contribution >= 0.6 is 0 Å². The maximum atomic E-state index is 12.6. The Morgan fingerprint density at radius 1 is 1.27 bits per heavy atom. The van der Waals surface area contributed by atoms with Crippen LogP contribution in [0, 0.1) is 17.2 Å². The maximum Gasteiger partial charge on any atom is 0.215 e. The van der Waals surface area contributed by atoms with Crippen molar-refractivity contribution in [1.82, 2.24) is 4.72 Å². The van der Waals surface area contributed by atoms with Gasteiger partial charge in [-0.05, 0) is 37.3 Å². The molecule has 1 aromatic carbocycles. The summed E-state index contributed by atoms with van der Waals surface area (Å²) in [6, 6.07) is 9.67. The summed E-state index contributed by atoms with van der Waals surface area (Å²) in [5, 5.41) is 8.75. The van der Waals surface area contributed by atoms with Crippen molar-refractivity contribution in [1.29, 1.82) is 5.26 Å². The fourth-order valence-corrected chi connectivity index (χ4v) is 4.95. The van der Waals surface area contributed by atoms with Crippen LogP contribution in [0.2, 0.25) is 0 Å². The highest BCUT2D eigenvalue weighted by Gasteiger charge is 2.39. The Hall–Kier alpha value is -1.42. The topological polar surface area (TPSA) is 79.2 Å². The zero-order valence-corrected chi connectivity index (χ0v) is 13.2. The van der Waals surface area contributed by atoms with Crippen molar-refractivity contribution in [3.63, 3.8) is 0 Å². The molecule has 3 rings (SSSR count). The van der Waals surface area contributed by atoms with Gasteiger partial charge in [-0.25, -0.2) is 13.1 Å². The Bertz CT molecular complexity index is 677. The molecule has 1 aliphatic heterocycles. The van der Waals surface area contributed by atoms with Crippen molar-refractivity contribution in [2.75, 3.05) is 13.2 Å². The van der Waals surface area contributed by atoms with Gasteiger partial charge in [-0.2, -0.15) is 5.26 Å². The molecule has 2 fully saturated rings. The smallest absolute Gasteiger partial charge is 0.215 e. The van der Waals surface area contributed by atoms with Crippen molar-refractivity contribution in [2.45, 2.75) is 37.0 Å². The summed E-state index contributed by atoms with van der Waals surface area (Å²) in [5.74, 6) is -0.112. The molecule has 1 heterocycles. The minimum atomic E-state index is -3.32. The molecule has 0 unspecified atom stereocenters. The van der Waals surface area contributed by atoms with Crippen LogP contribution < -0.4 is 4.72 Å². The van der Waals surface area contributed by atoms with Gasteiger partial charge in [-0.1, -0.05) is 18.2 Å². The summed E-state index contributed by atoms with van der Waals surface area (Å²) >= 11 is 0. The molecule has 0 bridgehead atoms. The van der Waals surface area contributed by atoms with Crippen molar-refractivity contribution < 1.29 is 13.2 Å². The van der Waals surface area contributed by atoms with Gasteiger partial charge in [0.25, 0.3) is 0 Å². The summed E-state index contributed by atoms with van der Waals surface area (Å²) in [5.41, 5.74) is 1.51. The molecule has 1 aliphatic carbocycles. The molecule has 0 aromatic heterocycles. The third kappa shape index (κ3) is 3.49. The zero-order valence-electron chi connectivity index (χ0n) is 12.4. The van der Waals surface area contributed by atoms with E-state index < -0.39 is 15.3 Å². The second-order valence-electron chi connectivity index (χ2n) is 6.07. The molecule has 6 heteroatoms. The van der Waals surface area contributed by atoms with Gasteiger partial charge in [0.15, 0.2) is 0 Å². The van der Waals surface area contributed by atoms with Crippen molar-refractivity contribution >= 4 is 10.0 Å². The molecule has 0 amide bonds. The highest BCUT2D eigenvalue weighted by Crippen LogP contribution is 2.28. The van der Waals surface area contributed by atoms with Gasteiger partial charge >= 0.3 is 0 Å². The van der Waals surface area contributed by atoms with E-state index >= 15 is 0 Å². The molecular weight excluding hydrogens is 300 g/mol. The van der Waals surface area contributed by atoms with Crippen molar-refractivity contribution in [2.24, 2.45) is 5.92 Å². The van der Waals surface area contributed by atoms with E-state index in [1.807, 2.05) is 18.2 Å². The number of hydrogen-bond acceptors (Lipinski definition) is 4. The predicted molar refractivity (Wildman–Crippen MR) is 82.7 cm³/mol. The van der Waals surface area contributed by atoms with E-state index in [0.29, 0.717) is 31.6 Å². The third-order valence-electron chi connectivity index (χ3n) is 4.33. The second-order valence-corrected chi connectivity index (χ2v) is 8.00. The second kappa shape index (κ2) is 6.37. The standard InChI is InChI=1S/C16H20N2O3S/c17-10-13-4-2-1-3-12(13)9-14-11-21-8-7-16(14)22(19,20)18-15-5-6-15/h1-4,14-16,18H,5-9,11H2/t14-,16-/m0/s1. The van der Waals surface area contributed by atoms with Gasteiger partial charge in [-0.3, -0.25) is 0 Å². The summed E-state index contributed by atoms with van der Waals surface area (Å²) in [7, 11) is -3.32. The average molecular weight is 320 g/mol. The first-order chi connectivity index (χ1) is 10.6. The van der Waals surface area contributed by atoms with Gasteiger partial charge in [-0.15, -0.1) is 0 Å². The van der Waals surface area contributed by atoms with Crippen molar-refractivity contribution in [3.05, 3.63) is 35.4 Å². The Morgan fingerprint density at radius 2 is 2.05 bits per heavy atom.